The van der Waals surface area contributed by atoms with E-state index in [0.29, 0.717) is 4.99 Å². The first-order chi connectivity index (χ1) is 10.2. The second kappa shape index (κ2) is 7.73. The van der Waals surface area contributed by atoms with Gasteiger partial charge in [-0.1, -0.05) is 37.3 Å². The molecule has 0 saturated heterocycles. The molecule has 0 aliphatic rings. The highest BCUT2D eigenvalue weighted by Gasteiger charge is 2.12. The van der Waals surface area contributed by atoms with Crippen LogP contribution in [0.2, 0.25) is 0 Å². The monoisotopic (exact) mass is 334 g/mol. The maximum atomic E-state index is 5.94. The number of hydrogen-bond donors (Lipinski definition) is 2. The molecule has 0 heterocycles. The summed E-state index contributed by atoms with van der Waals surface area (Å²) >= 11 is 8.71. The summed E-state index contributed by atoms with van der Waals surface area (Å²) in [7, 11) is 0. The molecule has 2 aromatic carbocycles. The third-order valence-corrected chi connectivity index (χ3v) is 4.89. The van der Waals surface area contributed by atoms with E-state index in [0.717, 1.165) is 27.6 Å². The molecule has 0 radical (unpaired) electrons. The summed E-state index contributed by atoms with van der Waals surface area (Å²) in [4.78, 5) is 2.74. The van der Waals surface area contributed by atoms with Gasteiger partial charge in [-0.2, -0.15) is 0 Å². The van der Waals surface area contributed by atoms with Crippen LogP contribution in [0.3, 0.4) is 0 Å². The average molecular weight is 335 g/mol. The Kier molecular flexibility index (Phi) is 5.96. The van der Waals surface area contributed by atoms with E-state index in [4.69, 9.17) is 18.0 Å². The molecular weight excluding hydrogens is 316 g/mol. The Labute approximate surface area is 139 Å². The largest absolute Gasteiger partial charge is 0.389 e. The van der Waals surface area contributed by atoms with Gasteiger partial charge in [-0.3, -0.25) is 0 Å². The van der Waals surface area contributed by atoms with Crippen molar-refractivity contribution < 1.29 is 0 Å². The van der Waals surface area contributed by atoms with Crippen molar-refractivity contribution in [3.63, 3.8) is 0 Å². The van der Waals surface area contributed by atoms with E-state index in [1.54, 1.807) is 23.5 Å². The summed E-state index contributed by atoms with van der Waals surface area (Å²) < 4.78 is 0. The highest BCUT2D eigenvalue weighted by atomic mass is 32.2. The fourth-order valence-corrected chi connectivity index (χ4v) is 3.75. The third-order valence-electron chi connectivity index (χ3n) is 2.95. The van der Waals surface area contributed by atoms with Crippen molar-refractivity contribution in [2.75, 3.05) is 17.3 Å². The first kappa shape index (κ1) is 16.2. The fraction of sp³-hybridized carbons (Fsp3) is 0.188. The van der Waals surface area contributed by atoms with Crippen LogP contribution in [0.25, 0.3) is 0 Å². The molecule has 0 bridgehead atoms. The van der Waals surface area contributed by atoms with Gasteiger partial charge < -0.3 is 11.1 Å². The van der Waals surface area contributed by atoms with Crippen LogP contribution in [0.1, 0.15) is 12.5 Å². The van der Waals surface area contributed by atoms with Crippen molar-refractivity contribution in [2.24, 2.45) is 5.73 Å². The Morgan fingerprint density at radius 1 is 1.10 bits per heavy atom. The number of benzene rings is 2. The van der Waals surface area contributed by atoms with Crippen molar-refractivity contribution in [2.45, 2.75) is 16.7 Å². The van der Waals surface area contributed by atoms with Crippen LogP contribution < -0.4 is 11.1 Å². The fourth-order valence-electron chi connectivity index (χ4n) is 2.06. The molecule has 0 spiro atoms. The first-order valence-electron chi connectivity index (χ1n) is 6.63. The maximum Gasteiger partial charge on any atom is 0.107 e. The molecule has 110 valence electrons. The van der Waals surface area contributed by atoms with Gasteiger partial charge in [-0.05, 0) is 36.3 Å². The quantitative estimate of drug-likeness (QED) is 0.581. The van der Waals surface area contributed by atoms with Crippen molar-refractivity contribution in [3.05, 3.63) is 48.0 Å². The molecule has 0 amide bonds. The van der Waals surface area contributed by atoms with E-state index >= 15 is 0 Å². The average Bonchev–Trinajstić information content (AvgIpc) is 2.48. The molecule has 0 fully saturated rings. The number of hydrogen-bond acceptors (Lipinski definition) is 4. The van der Waals surface area contributed by atoms with E-state index in [2.05, 4.69) is 36.7 Å². The summed E-state index contributed by atoms with van der Waals surface area (Å²) in [5, 5.41) is 3.47. The lowest BCUT2D eigenvalue weighted by Gasteiger charge is -2.16. The molecule has 0 saturated carbocycles. The van der Waals surface area contributed by atoms with Crippen LogP contribution in [0.4, 0.5) is 11.4 Å². The van der Waals surface area contributed by atoms with E-state index in [9.17, 15) is 0 Å². The van der Waals surface area contributed by atoms with Gasteiger partial charge in [0, 0.05) is 21.0 Å². The van der Waals surface area contributed by atoms with E-state index in [1.165, 1.54) is 4.90 Å². The summed E-state index contributed by atoms with van der Waals surface area (Å²) in [5.41, 5.74) is 8.90. The number of anilines is 2. The zero-order chi connectivity index (χ0) is 15.2. The molecule has 21 heavy (non-hydrogen) atoms. The Hall–Kier alpha value is -1.17. The Morgan fingerprint density at radius 2 is 1.76 bits per heavy atom. The predicted octanol–water partition coefficient (Wildman–Crippen LogP) is 4.90. The predicted molar refractivity (Wildman–Crippen MR) is 100 cm³/mol. The number of nitrogens with two attached hydrogens (primary N) is 1. The molecule has 0 aliphatic carbocycles. The number of thiocarbonyl (C=S) groups is 1. The van der Waals surface area contributed by atoms with Gasteiger partial charge in [-0.15, -0.1) is 23.5 Å². The zero-order valence-corrected chi connectivity index (χ0v) is 14.5. The standard InChI is InChI=1S/C16H18N2S3/c1-3-21-14-10-6-8-12(15(14)16(17)19)18-11-7-4-5-9-13(11)20-2/h4-10,18H,3H2,1-2H3,(H2,17,19). The lowest BCUT2D eigenvalue weighted by atomic mass is 10.1. The second-order valence-electron chi connectivity index (χ2n) is 4.30. The molecule has 2 aromatic rings. The van der Waals surface area contributed by atoms with Crippen LogP contribution in [-0.2, 0) is 0 Å². The van der Waals surface area contributed by atoms with Crippen LogP contribution >= 0.6 is 35.7 Å². The van der Waals surface area contributed by atoms with Gasteiger partial charge in [0.1, 0.15) is 4.99 Å². The van der Waals surface area contributed by atoms with Gasteiger partial charge in [0.2, 0.25) is 0 Å². The summed E-state index contributed by atoms with van der Waals surface area (Å²) in [6.45, 7) is 2.12. The molecule has 2 rings (SSSR count). The molecule has 0 atom stereocenters. The molecule has 0 aromatic heterocycles. The minimum absolute atomic E-state index is 0.427. The number of rotatable bonds is 6. The first-order valence-corrected chi connectivity index (χ1v) is 9.25. The van der Waals surface area contributed by atoms with Gasteiger partial charge in [0.05, 0.1) is 5.69 Å². The van der Waals surface area contributed by atoms with Gasteiger partial charge >= 0.3 is 0 Å². The summed E-state index contributed by atoms with van der Waals surface area (Å²) in [5.74, 6) is 0.987. The number of thioether (sulfide) groups is 2. The van der Waals surface area contributed by atoms with Crippen LogP contribution in [0.15, 0.2) is 52.3 Å². The highest BCUT2D eigenvalue weighted by Crippen LogP contribution is 2.33. The zero-order valence-electron chi connectivity index (χ0n) is 12.1. The smallest absolute Gasteiger partial charge is 0.107 e. The van der Waals surface area contributed by atoms with E-state index < -0.39 is 0 Å². The topological polar surface area (TPSA) is 38.0 Å². The molecule has 5 heteroatoms. The van der Waals surface area contributed by atoms with Gasteiger partial charge in [0.25, 0.3) is 0 Å². The highest BCUT2D eigenvalue weighted by molar-refractivity contribution is 7.99. The van der Waals surface area contributed by atoms with Crippen molar-refractivity contribution in [1.29, 1.82) is 0 Å². The van der Waals surface area contributed by atoms with Crippen molar-refractivity contribution in [1.82, 2.24) is 0 Å². The van der Waals surface area contributed by atoms with Gasteiger partial charge in [0.15, 0.2) is 0 Å². The minimum Gasteiger partial charge on any atom is -0.389 e. The van der Waals surface area contributed by atoms with Crippen molar-refractivity contribution in [3.8, 4) is 0 Å². The molecule has 0 unspecified atom stereocenters. The Bertz CT molecular complexity index is 641. The molecular formula is C16H18N2S3. The molecule has 2 nitrogen and oxygen atoms in total. The Balaban J connectivity index is 2.44. The normalized spacial score (nSPS) is 10.4. The van der Waals surface area contributed by atoms with Crippen LogP contribution in [-0.4, -0.2) is 17.0 Å². The van der Waals surface area contributed by atoms with E-state index in [1.807, 2.05) is 24.3 Å². The van der Waals surface area contributed by atoms with Crippen LogP contribution in [0.5, 0.6) is 0 Å². The van der Waals surface area contributed by atoms with Gasteiger partial charge in [-0.25, -0.2) is 0 Å². The number of nitrogens with one attached hydrogen (secondary N) is 1. The third kappa shape index (κ3) is 3.93. The maximum absolute atomic E-state index is 5.94. The SMILES string of the molecule is CCSc1cccc(Nc2ccccc2SC)c1C(N)=S. The molecule has 0 aliphatic heterocycles. The lowest BCUT2D eigenvalue weighted by molar-refractivity contribution is 1.35. The Morgan fingerprint density at radius 3 is 2.43 bits per heavy atom. The lowest BCUT2D eigenvalue weighted by Crippen LogP contribution is -2.13. The van der Waals surface area contributed by atoms with E-state index in [-0.39, 0.29) is 0 Å². The minimum atomic E-state index is 0.427. The summed E-state index contributed by atoms with van der Waals surface area (Å²) in [6, 6.07) is 14.3. The summed E-state index contributed by atoms with van der Waals surface area (Å²) in [6.07, 6.45) is 2.07. The van der Waals surface area contributed by atoms with Crippen molar-refractivity contribution >= 4 is 52.1 Å². The molecule has 3 N–H and O–H groups in total. The number of para-hydroxylation sites is 1. The van der Waals surface area contributed by atoms with Crippen LogP contribution in [0, 0.1) is 0 Å². The second-order valence-corrected chi connectivity index (χ2v) is 6.90.